The second-order valence-corrected chi connectivity index (χ2v) is 5.93. The van der Waals surface area contributed by atoms with Crippen molar-refractivity contribution in [1.29, 1.82) is 0 Å². The van der Waals surface area contributed by atoms with Crippen molar-refractivity contribution >= 4 is 16.4 Å². The standard InChI is InChI=1S/C10H17FO8S/c1-9(2)17-5-6(18-9)7(19-20(13,14)15)10(3,11)8(12)16-4/h6-7H,5H2,1-4H3,(H,13,14,15)/t6?,7-,10-/m1/s1. The molecule has 1 aliphatic heterocycles. The van der Waals surface area contributed by atoms with Gasteiger partial charge in [0.2, 0.25) is 5.67 Å². The van der Waals surface area contributed by atoms with E-state index in [0.29, 0.717) is 0 Å². The first kappa shape index (κ1) is 17.2. The van der Waals surface area contributed by atoms with Crippen LogP contribution in [-0.4, -0.2) is 56.3 Å². The molecule has 10 heteroatoms. The number of alkyl halides is 1. The maximum atomic E-state index is 14.5. The van der Waals surface area contributed by atoms with Gasteiger partial charge in [-0.3, -0.25) is 4.55 Å². The van der Waals surface area contributed by atoms with Gasteiger partial charge in [0.25, 0.3) is 0 Å². The van der Waals surface area contributed by atoms with Crippen molar-refractivity contribution in [2.24, 2.45) is 0 Å². The number of carbonyl (C=O) groups excluding carboxylic acids is 1. The van der Waals surface area contributed by atoms with Crippen molar-refractivity contribution in [3.8, 4) is 0 Å². The van der Waals surface area contributed by atoms with Gasteiger partial charge in [-0.2, -0.15) is 8.42 Å². The van der Waals surface area contributed by atoms with Crippen molar-refractivity contribution in [2.75, 3.05) is 13.7 Å². The number of halogens is 1. The minimum Gasteiger partial charge on any atom is -0.467 e. The SMILES string of the molecule is COC(=O)[C@](C)(F)[C@H](OS(=O)(=O)O)C1COC(C)(C)O1. The Balaban J connectivity index is 3.07. The molecule has 1 heterocycles. The second-order valence-electron chi connectivity index (χ2n) is 4.88. The van der Waals surface area contributed by atoms with Crippen LogP contribution in [0.15, 0.2) is 0 Å². The summed E-state index contributed by atoms with van der Waals surface area (Å²) in [5, 5.41) is 0. The minimum absolute atomic E-state index is 0.219. The van der Waals surface area contributed by atoms with Gasteiger partial charge in [-0.1, -0.05) is 0 Å². The molecular weight excluding hydrogens is 299 g/mol. The van der Waals surface area contributed by atoms with E-state index in [0.717, 1.165) is 14.0 Å². The molecule has 20 heavy (non-hydrogen) atoms. The fourth-order valence-electron chi connectivity index (χ4n) is 1.81. The molecule has 0 saturated carbocycles. The minimum atomic E-state index is -5.01. The Hall–Kier alpha value is -0.810. The molecular formula is C10H17FO8S. The van der Waals surface area contributed by atoms with E-state index in [-0.39, 0.29) is 6.61 Å². The van der Waals surface area contributed by atoms with Gasteiger partial charge >= 0.3 is 16.4 Å². The highest BCUT2D eigenvalue weighted by atomic mass is 32.3. The average molecular weight is 316 g/mol. The van der Waals surface area contributed by atoms with E-state index < -0.39 is 40.0 Å². The first-order valence-electron chi connectivity index (χ1n) is 5.64. The molecule has 1 unspecified atom stereocenters. The molecule has 1 rings (SSSR count). The van der Waals surface area contributed by atoms with E-state index in [1.54, 1.807) is 0 Å². The third kappa shape index (κ3) is 4.09. The maximum absolute atomic E-state index is 14.5. The number of carbonyl (C=O) groups is 1. The van der Waals surface area contributed by atoms with Gasteiger partial charge in [0.1, 0.15) is 6.10 Å². The Labute approximate surface area is 116 Å². The van der Waals surface area contributed by atoms with Gasteiger partial charge in [-0.05, 0) is 20.8 Å². The van der Waals surface area contributed by atoms with Gasteiger partial charge in [0.15, 0.2) is 11.9 Å². The molecule has 1 N–H and O–H groups in total. The molecule has 0 aromatic rings. The molecule has 0 aromatic carbocycles. The van der Waals surface area contributed by atoms with Crippen LogP contribution in [-0.2, 0) is 33.6 Å². The van der Waals surface area contributed by atoms with Crippen LogP contribution < -0.4 is 0 Å². The lowest BCUT2D eigenvalue weighted by Gasteiger charge is -2.30. The van der Waals surface area contributed by atoms with Gasteiger partial charge in [0, 0.05) is 0 Å². The Morgan fingerprint density at radius 1 is 1.55 bits per heavy atom. The zero-order valence-electron chi connectivity index (χ0n) is 11.5. The zero-order chi connectivity index (χ0) is 15.8. The van der Waals surface area contributed by atoms with E-state index in [4.69, 9.17) is 14.0 Å². The number of hydrogen-bond donors (Lipinski definition) is 1. The van der Waals surface area contributed by atoms with E-state index in [1.807, 2.05) is 0 Å². The number of rotatable bonds is 5. The zero-order valence-corrected chi connectivity index (χ0v) is 12.3. The first-order chi connectivity index (χ1) is 8.89. The quantitative estimate of drug-likeness (QED) is 0.567. The van der Waals surface area contributed by atoms with Crippen LogP contribution in [0.3, 0.4) is 0 Å². The average Bonchev–Trinajstić information content (AvgIpc) is 2.63. The van der Waals surface area contributed by atoms with Gasteiger partial charge < -0.3 is 14.2 Å². The summed E-state index contributed by atoms with van der Waals surface area (Å²) >= 11 is 0. The molecule has 1 fully saturated rings. The fraction of sp³-hybridized carbons (Fsp3) is 0.900. The molecule has 3 atom stereocenters. The van der Waals surface area contributed by atoms with E-state index >= 15 is 0 Å². The Kier molecular flexibility index (Phi) is 4.76. The van der Waals surface area contributed by atoms with E-state index in [9.17, 15) is 17.6 Å². The molecule has 0 spiro atoms. The number of hydrogen-bond acceptors (Lipinski definition) is 7. The molecule has 0 aromatic heterocycles. The second kappa shape index (κ2) is 5.53. The van der Waals surface area contributed by atoms with Gasteiger partial charge in [0.05, 0.1) is 13.7 Å². The summed E-state index contributed by atoms with van der Waals surface area (Å²) in [6, 6.07) is 0. The van der Waals surface area contributed by atoms with Crippen molar-refractivity contribution < 1.29 is 40.5 Å². The normalized spacial score (nSPS) is 26.8. The van der Waals surface area contributed by atoms with Crippen molar-refractivity contribution in [3.05, 3.63) is 0 Å². The summed E-state index contributed by atoms with van der Waals surface area (Å²) in [5.41, 5.74) is -2.86. The molecule has 0 amide bonds. The summed E-state index contributed by atoms with van der Waals surface area (Å²) in [7, 11) is -4.08. The molecule has 1 aliphatic rings. The Bertz CT molecular complexity index is 472. The number of methoxy groups -OCH3 is 1. The molecule has 0 aliphatic carbocycles. The topological polar surface area (TPSA) is 108 Å². The highest BCUT2D eigenvalue weighted by Crippen LogP contribution is 2.33. The fourth-order valence-corrected chi connectivity index (χ4v) is 2.38. The molecule has 0 bridgehead atoms. The maximum Gasteiger partial charge on any atom is 0.397 e. The molecule has 118 valence electrons. The van der Waals surface area contributed by atoms with Crippen molar-refractivity contribution in [1.82, 2.24) is 0 Å². The van der Waals surface area contributed by atoms with Crippen LogP contribution in [0.1, 0.15) is 20.8 Å². The first-order valence-corrected chi connectivity index (χ1v) is 7.00. The van der Waals surface area contributed by atoms with Crippen LogP contribution >= 0.6 is 0 Å². The summed E-state index contributed by atoms with van der Waals surface area (Å²) < 4.78 is 63.8. The Morgan fingerprint density at radius 2 is 2.10 bits per heavy atom. The highest BCUT2D eigenvalue weighted by Gasteiger charge is 2.54. The lowest BCUT2D eigenvalue weighted by atomic mass is 9.97. The predicted molar refractivity (Wildman–Crippen MR) is 62.9 cm³/mol. The largest absolute Gasteiger partial charge is 0.467 e. The summed E-state index contributed by atoms with van der Waals surface area (Å²) in [5.74, 6) is -2.46. The Morgan fingerprint density at radius 3 is 2.45 bits per heavy atom. The smallest absolute Gasteiger partial charge is 0.397 e. The summed E-state index contributed by atoms with van der Waals surface area (Å²) in [4.78, 5) is 11.4. The third-order valence-corrected chi connectivity index (χ3v) is 3.16. The van der Waals surface area contributed by atoms with Crippen molar-refractivity contribution in [2.45, 2.75) is 44.4 Å². The van der Waals surface area contributed by atoms with Crippen LogP contribution in [0.4, 0.5) is 4.39 Å². The third-order valence-electron chi connectivity index (χ3n) is 2.71. The molecule has 1 saturated heterocycles. The van der Waals surface area contributed by atoms with Crippen LogP contribution in [0.5, 0.6) is 0 Å². The van der Waals surface area contributed by atoms with E-state index in [2.05, 4.69) is 8.92 Å². The van der Waals surface area contributed by atoms with Crippen LogP contribution in [0.25, 0.3) is 0 Å². The lowest BCUT2D eigenvalue weighted by molar-refractivity contribution is -0.178. The van der Waals surface area contributed by atoms with Gasteiger partial charge in [-0.25, -0.2) is 13.4 Å². The summed E-state index contributed by atoms with van der Waals surface area (Å²) in [6.07, 6.45) is -3.17. The van der Waals surface area contributed by atoms with E-state index in [1.165, 1.54) is 13.8 Å². The van der Waals surface area contributed by atoms with Gasteiger partial charge in [-0.15, -0.1) is 0 Å². The van der Waals surface area contributed by atoms with Crippen molar-refractivity contribution in [3.63, 3.8) is 0 Å². The lowest BCUT2D eigenvalue weighted by Crippen LogP contribution is -2.53. The number of esters is 1. The molecule has 0 radical (unpaired) electrons. The van der Waals surface area contributed by atoms with Crippen LogP contribution in [0, 0.1) is 0 Å². The number of ether oxygens (including phenoxy) is 3. The predicted octanol–water partition coefficient (Wildman–Crippen LogP) is 0.227. The monoisotopic (exact) mass is 316 g/mol. The molecule has 8 nitrogen and oxygen atoms in total. The summed E-state index contributed by atoms with van der Waals surface area (Å²) in [6.45, 7) is 3.59. The van der Waals surface area contributed by atoms with Crippen LogP contribution in [0.2, 0.25) is 0 Å². The highest BCUT2D eigenvalue weighted by molar-refractivity contribution is 7.80.